The Kier molecular flexibility index (Phi) is 4.93. The van der Waals surface area contributed by atoms with Gasteiger partial charge in [0.15, 0.2) is 0 Å². The molecule has 4 heteroatoms. The van der Waals surface area contributed by atoms with Crippen LogP contribution in [0.3, 0.4) is 0 Å². The molecule has 1 aromatic carbocycles. The van der Waals surface area contributed by atoms with E-state index in [2.05, 4.69) is 25.1 Å². The normalized spacial score (nSPS) is 16.0. The number of carbonyl (C=O) groups excluding carboxylic acids is 1. The van der Waals surface area contributed by atoms with Gasteiger partial charge in [-0.05, 0) is 29.7 Å². The number of ether oxygens (including phenoxy) is 1. The van der Waals surface area contributed by atoms with Crippen LogP contribution < -0.4 is 4.74 Å². The van der Waals surface area contributed by atoms with E-state index in [0.717, 1.165) is 5.71 Å². The van der Waals surface area contributed by atoms with Crippen LogP contribution in [0.5, 0.6) is 5.75 Å². The summed E-state index contributed by atoms with van der Waals surface area (Å²) in [5, 5.41) is 3.91. The number of para-hydroxylation sites is 1. The monoisotopic (exact) mass is 285 g/mol. The van der Waals surface area contributed by atoms with Gasteiger partial charge in [-0.15, -0.1) is 0 Å². The Morgan fingerprint density at radius 3 is 2.62 bits per heavy atom. The Bertz CT molecular complexity index is 612. The maximum absolute atomic E-state index is 12.0. The first-order valence-electron chi connectivity index (χ1n) is 6.91. The van der Waals surface area contributed by atoms with Crippen molar-refractivity contribution in [2.45, 2.75) is 20.3 Å². The summed E-state index contributed by atoms with van der Waals surface area (Å²) in [5.74, 6) is 0.440. The summed E-state index contributed by atoms with van der Waals surface area (Å²) in [7, 11) is 1.51. The number of allylic oxidation sites excluding steroid dienone is 4. The Morgan fingerprint density at radius 1 is 1.24 bits per heavy atom. The fourth-order valence-electron chi connectivity index (χ4n) is 2.01. The van der Waals surface area contributed by atoms with Crippen LogP contribution in [-0.4, -0.2) is 18.8 Å². The van der Waals surface area contributed by atoms with Crippen LogP contribution in [0, 0.1) is 5.92 Å². The summed E-state index contributed by atoms with van der Waals surface area (Å²) in [6, 6.07) is 6.91. The van der Waals surface area contributed by atoms with E-state index >= 15 is 0 Å². The lowest BCUT2D eigenvalue weighted by Crippen LogP contribution is -2.07. The molecule has 0 aromatic heterocycles. The van der Waals surface area contributed by atoms with Gasteiger partial charge in [-0.1, -0.05) is 43.3 Å². The molecule has 0 aliphatic heterocycles. The number of hydrogen-bond acceptors (Lipinski definition) is 4. The molecule has 0 saturated carbocycles. The lowest BCUT2D eigenvalue weighted by Gasteiger charge is -2.11. The Morgan fingerprint density at radius 2 is 2.00 bits per heavy atom. The van der Waals surface area contributed by atoms with E-state index < -0.39 is 5.97 Å². The van der Waals surface area contributed by atoms with Crippen molar-refractivity contribution in [3.05, 3.63) is 53.6 Å². The van der Waals surface area contributed by atoms with Crippen LogP contribution in [-0.2, 0) is 4.84 Å². The van der Waals surface area contributed by atoms with Crippen LogP contribution >= 0.6 is 0 Å². The molecule has 0 spiro atoms. The predicted octanol–water partition coefficient (Wildman–Crippen LogP) is 3.75. The maximum atomic E-state index is 12.0. The van der Waals surface area contributed by atoms with Crippen LogP contribution in [0.15, 0.2) is 53.2 Å². The molecule has 0 radical (unpaired) electrons. The fourth-order valence-corrected chi connectivity index (χ4v) is 2.01. The van der Waals surface area contributed by atoms with E-state index in [1.54, 1.807) is 24.3 Å². The number of hydrogen-bond donors (Lipinski definition) is 0. The third-order valence-corrected chi connectivity index (χ3v) is 3.25. The molecule has 0 bridgehead atoms. The quantitative estimate of drug-likeness (QED) is 0.625. The summed E-state index contributed by atoms with van der Waals surface area (Å²) in [4.78, 5) is 17.0. The van der Waals surface area contributed by atoms with Crippen molar-refractivity contribution in [1.82, 2.24) is 0 Å². The van der Waals surface area contributed by atoms with Gasteiger partial charge in [0, 0.05) is 6.42 Å². The molecule has 0 unspecified atom stereocenters. The first-order chi connectivity index (χ1) is 10.1. The molecule has 110 valence electrons. The molecular weight excluding hydrogens is 266 g/mol. The topological polar surface area (TPSA) is 47.9 Å². The molecule has 0 N–H and O–H groups in total. The number of benzene rings is 1. The van der Waals surface area contributed by atoms with E-state index in [4.69, 9.17) is 9.57 Å². The van der Waals surface area contributed by atoms with Gasteiger partial charge in [-0.25, -0.2) is 4.79 Å². The van der Waals surface area contributed by atoms with Gasteiger partial charge in [0.05, 0.1) is 12.8 Å². The summed E-state index contributed by atoms with van der Waals surface area (Å²) in [6.45, 7) is 4.28. The zero-order valence-corrected chi connectivity index (χ0v) is 12.5. The van der Waals surface area contributed by atoms with E-state index in [1.165, 1.54) is 12.7 Å². The zero-order valence-electron chi connectivity index (χ0n) is 12.5. The molecule has 1 aliphatic carbocycles. The Labute approximate surface area is 124 Å². The van der Waals surface area contributed by atoms with Crippen LogP contribution in [0.2, 0.25) is 0 Å². The second kappa shape index (κ2) is 6.88. The van der Waals surface area contributed by atoms with E-state index in [-0.39, 0.29) is 0 Å². The van der Waals surface area contributed by atoms with Crippen LogP contribution in [0.25, 0.3) is 0 Å². The average molecular weight is 285 g/mol. The highest BCUT2D eigenvalue weighted by molar-refractivity contribution is 5.98. The molecule has 21 heavy (non-hydrogen) atoms. The molecule has 1 aromatic rings. The average Bonchev–Trinajstić information content (AvgIpc) is 2.52. The van der Waals surface area contributed by atoms with Crippen molar-refractivity contribution in [2.24, 2.45) is 11.1 Å². The summed E-state index contributed by atoms with van der Waals surface area (Å²) >= 11 is 0. The van der Waals surface area contributed by atoms with Gasteiger partial charge in [0.1, 0.15) is 11.3 Å². The minimum absolute atomic E-state index is 0.363. The van der Waals surface area contributed by atoms with Gasteiger partial charge < -0.3 is 9.57 Å². The largest absolute Gasteiger partial charge is 0.496 e. The Balaban J connectivity index is 2.02. The third kappa shape index (κ3) is 3.81. The summed E-state index contributed by atoms with van der Waals surface area (Å²) in [5.41, 5.74) is 2.36. The highest BCUT2D eigenvalue weighted by Gasteiger charge is 2.13. The molecule has 0 saturated heterocycles. The lowest BCUT2D eigenvalue weighted by molar-refractivity contribution is 0.0512. The molecule has 0 amide bonds. The minimum atomic E-state index is -0.521. The highest BCUT2D eigenvalue weighted by Crippen LogP contribution is 2.19. The lowest BCUT2D eigenvalue weighted by atomic mass is 9.97. The van der Waals surface area contributed by atoms with Crippen LogP contribution in [0.4, 0.5) is 0 Å². The fraction of sp³-hybridized carbons (Fsp3) is 0.294. The molecular formula is C17H19NO3. The summed E-state index contributed by atoms with van der Waals surface area (Å²) in [6.07, 6.45) is 6.65. The number of methoxy groups -OCH3 is 1. The molecule has 0 heterocycles. The van der Waals surface area contributed by atoms with Gasteiger partial charge in [-0.3, -0.25) is 0 Å². The zero-order chi connectivity index (χ0) is 15.2. The van der Waals surface area contributed by atoms with Crippen molar-refractivity contribution in [2.75, 3.05) is 7.11 Å². The van der Waals surface area contributed by atoms with Crippen molar-refractivity contribution in [3.8, 4) is 5.75 Å². The second-order valence-electron chi connectivity index (χ2n) is 5.06. The standard InChI is InChI=1S/C17H19NO3/c1-12(2)13-8-10-14(11-9-13)18-21-17(19)15-6-4-5-7-16(15)20-3/h4-10,12H,11H2,1-3H3/b18-14-. The predicted molar refractivity (Wildman–Crippen MR) is 82.5 cm³/mol. The van der Waals surface area contributed by atoms with Crippen molar-refractivity contribution >= 4 is 11.7 Å². The number of rotatable bonds is 4. The minimum Gasteiger partial charge on any atom is -0.496 e. The Hall–Kier alpha value is -2.36. The first kappa shape index (κ1) is 15.0. The van der Waals surface area contributed by atoms with E-state index in [0.29, 0.717) is 23.7 Å². The smallest absolute Gasteiger partial charge is 0.369 e. The van der Waals surface area contributed by atoms with Crippen molar-refractivity contribution in [1.29, 1.82) is 0 Å². The number of carbonyl (C=O) groups is 1. The van der Waals surface area contributed by atoms with Gasteiger partial charge >= 0.3 is 5.97 Å². The molecule has 2 rings (SSSR count). The molecule has 0 fully saturated rings. The van der Waals surface area contributed by atoms with Gasteiger partial charge in [-0.2, -0.15) is 0 Å². The number of nitrogens with zero attached hydrogens (tertiary/aromatic N) is 1. The molecule has 0 atom stereocenters. The van der Waals surface area contributed by atoms with Crippen molar-refractivity contribution < 1.29 is 14.4 Å². The van der Waals surface area contributed by atoms with E-state index in [9.17, 15) is 4.79 Å². The van der Waals surface area contributed by atoms with Gasteiger partial charge in [0.2, 0.25) is 0 Å². The number of oxime groups is 1. The first-order valence-corrected chi connectivity index (χ1v) is 6.91. The maximum Gasteiger partial charge on any atom is 0.369 e. The second-order valence-corrected chi connectivity index (χ2v) is 5.06. The van der Waals surface area contributed by atoms with Crippen molar-refractivity contribution in [3.63, 3.8) is 0 Å². The third-order valence-electron chi connectivity index (χ3n) is 3.25. The molecule has 4 nitrogen and oxygen atoms in total. The SMILES string of the molecule is COc1ccccc1C(=O)O/N=C1/C=CC(C(C)C)=CC1. The van der Waals surface area contributed by atoms with Crippen LogP contribution in [0.1, 0.15) is 30.6 Å². The molecule has 1 aliphatic rings. The summed E-state index contributed by atoms with van der Waals surface area (Å²) < 4.78 is 5.13. The van der Waals surface area contributed by atoms with Gasteiger partial charge in [0.25, 0.3) is 0 Å². The van der Waals surface area contributed by atoms with E-state index in [1.807, 2.05) is 12.2 Å². The highest BCUT2D eigenvalue weighted by atomic mass is 16.7.